The van der Waals surface area contributed by atoms with Crippen LogP contribution in [0.25, 0.3) is 0 Å². The first-order valence-corrected chi connectivity index (χ1v) is 6.03. The average Bonchev–Trinajstić information content (AvgIpc) is 2.59. The fourth-order valence-corrected chi connectivity index (χ4v) is 1.86. The van der Waals surface area contributed by atoms with Crippen molar-refractivity contribution < 1.29 is 0 Å². The molecule has 0 aliphatic carbocycles. The highest BCUT2D eigenvalue weighted by Crippen LogP contribution is 2.01. The van der Waals surface area contributed by atoms with Crippen molar-refractivity contribution in [2.75, 3.05) is 5.33 Å². The number of hydrogen-bond acceptors (Lipinski definition) is 3. The van der Waals surface area contributed by atoms with Crippen molar-refractivity contribution >= 4 is 15.9 Å². The van der Waals surface area contributed by atoms with Gasteiger partial charge in [0.1, 0.15) is 0 Å². The van der Waals surface area contributed by atoms with E-state index < -0.39 is 0 Å². The minimum atomic E-state index is 0.566. The van der Waals surface area contributed by atoms with Gasteiger partial charge in [-0.3, -0.25) is 4.68 Å². The van der Waals surface area contributed by atoms with Crippen LogP contribution in [0.3, 0.4) is 0 Å². The number of nitrogens with one attached hydrogen (secondary N) is 1. The minimum absolute atomic E-state index is 0.566. The van der Waals surface area contributed by atoms with Crippen molar-refractivity contribution in [2.45, 2.75) is 32.4 Å². The number of hydrogen-bond donors (Lipinski definition) is 1. The first-order chi connectivity index (χ1) is 6.76. The molecule has 0 saturated heterocycles. The van der Waals surface area contributed by atoms with Crippen LogP contribution >= 0.6 is 15.9 Å². The molecule has 1 aromatic rings. The third kappa shape index (κ3) is 3.75. The van der Waals surface area contributed by atoms with Gasteiger partial charge in [0.2, 0.25) is 0 Å². The van der Waals surface area contributed by atoms with E-state index in [0.29, 0.717) is 6.04 Å². The predicted octanol–water partition coefficient (Wildman–Crippen LogP) is 1.47. The molecule has 4 nitrogen and oxygen atoms in total. The lowest BCUT2D eigenvalue weighted by Crippen LogP contribution is -2.28. The molecule has 0 aromatic carbocycles. The summed E-state index contributed by atoms with van der Waals surface area (Å²) in [6, 6.07) is 0.566. The number of alkyl halides is 1. The highest BCUT2D eigenvalue weighted by molar-refractivity contribution is 9.09. The van der Waals surface area contributed by atoms with E-state index in [0.717, 1.165) is 30.4 Å². The molecule has 0 radical (unpaired) electrons. The molecule has 0 saturated carbocycles. The Labute approximate surface area is 93.2 Å². The van der Waals surface area contributed by atoms with Crippen molar-refractivity contribution in [3.8, 4) is 0 Å². The molecule has 80 valence electrons. The van der Waals surface area contributed by atoms with Crippen molar-refractivity contribution in [1.29, 1.82) is 0 Å². The number of rotatable bonds is 6. The summed E-state index contributed by atoms with van der Waals surface area (Å²) in [5.41, 5.74) is 1.00. The molecule has 0 aliphatic heterocycles. The number of aryl methyl sites for hydroxylation is 1. The topological polar surface area (TPSA) is 42.7 Å². The van der Waals surface area contributed by atoms with E-state index in [1.807, 2.05) is 13.2 Å². The Morgan fingerprint density at radius 3 is 2.93 bits per heavy atom. The van der Waals surface area contributed by atoms with Gasteiger partial charge in [-0.1, -0.05) is 28.1 Å². The lowest BCUT2D eigenvalue weighted by Gasteiger charge is -2.13. The number of aromatic nitrogens is 3. The van der Waals surface area contributed by atoms with Crippen LogP contribution in [0.2, 0.25) is 0 Å². The van der Waals surface area contributed by atoms with E-state index in [4.69, 9.17) is 0 Å². The summed E-state index contributed by atoms with van der Waals surface area (Å²) in [6.45, 7) is 3.00. The molecule has 0 fully saturated rings. The quantitative estimate of drug-likeness (QED) is 0.788. The molecule has 0 spiro atoms. The molecular weight excluding hydrogens is 244 g/mol. The fourth-order valence-electron chi connectivity index (χ4n) is 1.31. The maximum atomic E-state index is 4.02. The smallest absolute Gasteiger partial charge is 0.0964 e. The molecule has 5 heteroatoms. The van der Waals surface area contributed by atoms with E-state index in [-0.39, 0.29) is 0 Å². The van der Waals surface area contributed by atoms with Crippen LogP contribution in [-0.2, 0) is 13.6 Å². The Morgan fingerprint density at radius 1 is 1.64 bits per heavy atom. The van der Waals surface area contributed by atoms with Gasteiger partial charge in [0.25, 0.3) is 0 Å². The maximum Gasteiger partial charge on any atom is 0.0964 e. The molecule has 0 amide bonds. The third-order valence-corrected chi connectivity index (χ3v) is 2.63. The molecular formula is C9H17BrN4. The summed E-state index contributed by atoms with van der Waals surface area (Å²) in [6.07, 6.45) is 4.23. The van der Waals surface area contributed by atoms with E-state index in [2.05, 4.69) is 38.5 Å². The van der Waals surface area contributed by atoms with Gasteiger partial charge in [0, 0.05) is 31.2 Å². The molecule has 14 heavy (non-hydrogen) atoms. The van der Waals surface area contributed by atoms with Gasteiger partial charge in [-0.15, -0.1) is 5.10 Å². The normalized spacial score (nSPS) is 13.1. The molecule has 0 aliphatic rings. The highest BCUT2D eigenvalue weighted by atomic mass is 79.9. The van der Waals surface area contributed by atoms with E-state index in [1.165, 1.54) is 0 Å². The average molecular weight is 261 g/mol. The molecule has 1 aromatic heterocycles. The van der Waals surface area contributed by atoms with Gasteiger partial charge in [0.15, 0.2) is 0 Å². The van der Waals surface area contributed by atoms with Crippen molar-refractivity contribution in [3.63, 3.8) is 0 Å². The second kappa shape index (κ2) is 6.14. The highest BCUT2D eigenvalue weighted by Gasteiger charge is 2.05. The van der Waals surface area contributed by atoms with Gasteiger partial charge in [-0.25, -0.2) is 0 Å². The Hall–Kier alpha value is -0.420. The van der Waals surface area contributed by atoms with Crippen LogP contribution in [0.4, 0.5) is 0 Å². The first-order valence-electron chi connectivity index (χ1n) is 4.90. The van der Waals surface area contributed by atoms with Crippen molar-refractivity contribution in [1.82, 2.24) is 20.3 Å². The standard InChI is InChI=1S/C9H17BrN4/c1-3-8(4-5-10)11-6-9-7-14(2)13-12-9/h7-8,11H,3-6H2,1-2H3. The lowest BCUT2D eigenvalue weighted by molar-refractivity contribution is 0.484. The molecule has 1 atom stereocenters. The van der Waals surface area contributed by atoms with E-state index >= 15 is 0 Å². The fraction of sp³-hybridized carbons (Fsp3) is 0.778. The Kier molecular flexibility index (Phi) is 5.11. The zero-order valence-electron chi connectivity index (χ0n) is 8.70. The van der Waals surface area contributed by atoms with Crippen LogP contribution < -0.4 is 5.32 Å². The van der Waals surface area contributed by atoms with Gasteiger partial charge < -0.3 is 5.32 Å². The molecule has 1 rings (SSSR count). The monoisotopic (exact) mass is 260 g/mol. The molecule has 1 heterocycles. The summed E-state index contributed by atoms with van der Waals surface area (Å²) in [5, 5.41) is 12.4. The second-order valence-corrected chi connectivity index (χ2v) is 4.14. The Balaban J connectivity index is 2.31. The summed E-state index contributed by atoms with van der Waals surface area (Å²) < 4.78 is 1.72. The summed E-state index contributed by atoms with van der Waals surface area (Å²) in [7, 11) is 1.88. The third-order valence-electron chi connectivity index (χ3n) is 2.17. The largest absolute Gasteiger partial charge is 0.308 e. The van der Waals surface area contributed by atoms with E-state index in [1.54, 1.807) is 4.68 Å². The van der Waals surface area contributed by atoms with Crippen molar-refractivity contribution in [2.24, 2.45) is 7.05 Å². The first kappa shape index (κ1) is 11.7. The predicted molar refractivity (Wildman–Crippen MR) is 60.3 cm³/mol. The minimum Gasteiger partial charge on any atom is -0.308 e. The van der Waals surface area contributed by atoms with Gasteiger partial charge in [-0.2, -0.15) is 0 Å². The maximum absolute atomic E-state index is 4.02. The summed E-state index contributed by atoms with van der Waals surface area (Å²) in [4.78, 5) is 0. The molecule has 0 bridgehead atoms. The second-order valence-electron chi connectivity index (χ2n) is 3.35. The Bertz CT molecular complexity index is 261. The lowest BCUT2D eigenvalue weighted by atomic mass is 10.2. The zero-order valence-corrected chi connectivity index (χ0v) is 10.3. The SMILES string of the molecule is CCC(CCBr)NCc1cn(C)nn1. The van der Waals surface area contributed by atoms with E-state index in [9.17, 15) is 0 Å². The summed E-state index contributed by atoms with van der Waals surface area (Å²) in [5.74, 6) is 0. The molecule has 1 unspecified atom stereocenters. The van der Waals surface area contributed by atoms with Gasteiger partial charge in [-0.05, 0) is 12.8 Å². The van der Waals surface area contributed by atoms with Crippen LogP contribution in [0, 0.1) is 0 Å². The van der Waals surface area contributed by atoms with Crippen molar-refractivity contribution in [3.05, 3.63) is 11.9 Å². The van der Waals surface area contributed by atoms with Crippen LogP contribution in [0.15, 0.2) is 6.20 Å². The van der Waals surface area contributed by atoms with Crippen LogP contribution in [0.5, 0.6) is 0 Å². The Morgan fingerprint density at radius 2 is 2.43 bits per heavy atom. The summed E-state index contributed by atoms with van der Waals surface area (Å²) >= 11 is 3.45. The molecule has 1 N–H and O–H groups in total. The number of nitrogens with zero attached hydrogens (tertiary/aromatic N) is 3. The van der Waals surface area contributed by atoms with Gasteiger partial charge in [0.05, 0.1) is 5.69 Å². The van der Waals surface area contributed by atoms with Crippen LogP contribution in [0.1, 0.15) is 25.5 Å². The number of halogens is 1. The van der Waals surface area contributed by atoms with Crippen LogP contribution in [-0.4, -0.2) is 26.4 Å². The zero-order chi connectivity index (χ0) is 10.4. The van der Waals surface area contributed by atoms with Gasteiger partial charge >= 0.3 is 0 Å².